The number of benzene rings is 2. The Balaban J connectivity index is 1.47. The summed E-state index contributed by atoms with van der Waals surface area (Å²) in [7, 11) is 3.04. The van der Waals surface area contributed by atoms with Crippen molar-refractivity contribution in [2.75, 3.05) is 37.5 Å². The van der Waals surface area contributed by atoms with Crippen LogP contribution in [-0.4, -0.2) is 59.6 Å². The fraction of sp³-hybridized carbons (Fsp3) is 0.345. The molecule has 5 rings (SSSR count). The molecule has 212 valence electrons. The molecule has 3 aromatic rings. The van der Waals surface area contributed by atoms with Crippen LogP contribution in [0, 0.1) is 17.2 Å². The highest BCUT2D eigenvalue weighted by Gasteiger charge is 2.48. The van der Waals surface area contributed by atoms with Crippen LogP contribution < -0.4 is 15.0 Å². The molecule has 41 heavy (non-hydrogen) atoms. The summed E-state index contributed by atoms with van der Waals surface area (Å²) in [6, 6.07) is 11.5. The van der Waals surface area contributed by atoms with Crippen molar-refractivity contribution < 1.29 is 27.9 Å². The summed E-state index contributed by atoms with van der Waals surface area (Å²) >= 11 is 0. The topological polar surface area (TPSA) is 121 Å². The van der Waals surface area contributed by atoms with E-state index in [0.717, 1.165) is 0 Å². The molecule has 0 spiro atoms. The third-order valence-electron chi connectivity index (χ3n) is 7.49. The van der Waals surface area contributed by atoms with E-state index in [1.807, 2.05) is 6.07 Å². The largest absolute Gasteiger partial charge is 0.495 e. The Morgan fingerprint density at radius 2 is 1.93 bits per heavy atom. The van der Waals surface area contributed by atoms with Gasteiger partial charge in [-0.2, -0.15) is 10.4 Å². The molecule has 2 aliphatic rings. The lowest BCUT2D eigenvalue weighted by Gasteiger charge is -2.35. The van der Waals surface area contributed by atoms with Crippen molar-refractivity contribution in [2.24, 2.45) is 5.92 Å². The van der Waals surface area contributed by atoms with Crippen LogP contribution in [0.25, 0.3) is 0 Å². The first-order chi connectivity index (χ1) is 19.5. The summed E-state index contributed by atoms with van der Waals surface area (Å²) in [5.74, 6) is -4.53. The molecule has 12 heteroatoms. The van der Waals surface area contributed by atoms with E-state index < -0.39 is 29.7 Å². The van der Waals surface area contributed by atoms with Crippen molar-refractivity contribution in [3.63, 3.8) is 0 Å². The molecule has 1 aliphatic heterocycles. The highest BCUT2D eigenvalue weighted by molar-refractivity contribution is 6.13. The minimum Gasteiger partial charge on any atom is -0.495 e. The third kappa shape index (κ3) is 5.23. The number of fused-ring (bicyclic) bond motifs is 1. The lowest BCUT2D eigenvalue weighted by molar-refractivity contribution is -0.128. The highest BCUT2D eigenvalue weighted by Crippen LogP contribution is 2.49. The number of carbonyl (C=O) groups excluding carboxylic acids is 3. The number of methoxy groups -OCH3 is 1. The fourth-order valence-electron chi connectivity index (χ4n) is 4.92. The van der Waals surface area contributed by atoms with Crippen molar-refractivity contribution in [1.82, 2.24) is 14.7 Å². The molecule has 0 bridgehead atoms. The first kappa shape index (κ1) is 27.8. The molecule has 1 aromatic heterocycles. The van der Waals surface area contributed by atoms with Crippen molar-refractivity contribution in [2.45, 2.75) is 31.7 Å². The van der Waals surface area contributed by atoms with E-state index in [0.29, 0.717) is 24.3 Å². The lowest BCUT2D eigenvalue weighted by Crippen LogP contribution is -2.47. The predicted octanol–water partition coefficient (Wildman–Crippen LogP) is 4.20. The Kier molecular flexibility index (Phi) is 7.21. The molecule has 0 radical (unpaired) electrons. The second kappa shape index (κ2) is 10.6. The van der Waals surface area contributed by atoms with Gasteiger partial charge in [-0.1, -0.05) is 12.1 Å². The van der Waals surface area contributed by atoms with Crippen LogP contribution in [0.15, 0.2) is 48.7 Å². The first-order valence-electron chi connectivity index (χ1n) is 13.0. The molecular formula is C29H28F2N6O4. The molecule has 0 saturated heterocycles. The van der Waals surface area contributed by atoms with E-state index in [4.69, 9.17) is 4.74 Å². The summed E-state index contributed by atoms with van der Waals surface area (Å²) < 4.78 is 35.9. The summed E-state index contributed by atoms with van der Waals surface area (Å²) in [6.45, 7) is 1.76. The Bertz CT molecular complexity index is 1560. The number of rotatable bonds is 8. The number of nitrogens with one attached hydrogen (secondary N) is 1. The van der Waals surface area contributed by atoms with E-state index in [1.54, 1.807) is 7.05 Å². The number of amides is 3. The number of likely N-dealkylation sites (N-methyl/N-ethyl adjacent to an activating group) is 1. The molecule has 2 heterocycles. The van der Waals surface area contributed by atoms with Gasteiger partial charge in [-0.25, -0.2) is 8.78 Å². The van der Waals surface area contributed by atoms with Gasteiger partial charge in [0.25, 0.3) is 17.7 Å². The van der Waals surface area contributed by atoms with Crippen LogP contribution in [-0.2, 0) is 10.7 Å². The summed E-state index contributed by atoms with van der Waals surface area (Å²) in [4.78, 5) is 41.8. The standard InChI is InChI=1S/C29H28F2N6O4/c1-17(38)35(2)15-23-16-36(22-9-7-21(8-10-22)29(30,31)20-5-6-20)28(40)26-24(14-33-37(23)26)34-27(39)18-4-11-25(41-3)19(12-18)13-32/h4,7-12,14,20,23H,5-6,15-16H2,1-3H3,(H,34,39). The molecule has 1 aliphatic carbocycles. The predicted molar refractivity (Wildman–Crippen MR) is 145 cm³/mol. The van der Waals surface area contributed by atoms with E-state index in [9.17, 15) is 28.4 Å². The number of alkyl halides is 2. The van der Waals surface area contributed by atoms with Crippen molar-refractivity contribution in [3.8, 4) is 11.8 Å². The SMILES string of the molecule is COc1ccc(C(=O)Nc2cnn3c2C(=O)N(c2ccc(C(F)(F)C4CC4)cc2)CC3CN(C)C(C)=O)cc1C#N. The lowest BCUT2D eigenvalue weighted by atomic mass is 10.0. The van der Waals surface area contributed by atoms with Crippen molar-refractivity contribution in [3.05, 3.63) is 71.0 Å². The number of ether oxygens (including phenoxy) is 1. The van der Waals surface area contributed by atoms with Crippen LogP contribution in [0.5, 0.6) is 5.75 Å². The molecular weight excluding hydrogens is 534 g/mol. The number of anilines is 2. The maximum absolute atomic E-state index is 14.6. The van der Waals surface area contributed by atoms with Crippen LogP contribution in [0.4, 0.5) is 20.2 Å². The van der Waals surface area contributed by atoms with Gasteiger partial charge < -0.3 is 19.9 Å². The molecule has 1 atom stereocenters. The van der Waals surface area contributed by atoms with Gasteiger partial charge in [0.1, 0.15) is 11.8 Å². The fourth-order valence-corrected chi connectivity index (χ4v) is 4.92. The van der Waals surface area contributed by atoms with Crippen LogP contribution in [0.2, 0.25) is 0 Å². The van der Waals surface area contributed by atoms with Gasteiger partial charge in [0, 0.05) is 43.2 Å². The van der Waals surface area contributed by atoms with E-state index in [1.165, 1.54) is 77.2 Å². The quantitative estimate of drug-likeness (QED) is 0.440. The Morgan fingerprint density at radius 1 is 1.22 bits per heavy atom. The van der Waals surface area contributed by atoms with Gasteiger partial charge in [0.2, 0.25) is 5.91 Å². The zero-order valence-corrected chi connectivity index (χ0v) is 22.7. The average molecular weight is 563 g/mol. The normalized spacial score (nSPS) is 16.5. The van der Waals surface area contributed by atoms with E-state index >= 15 is 0 Å². The number of carbonyl (C=O) groups is 3. The van der Waals surface area contributed by atoms with E-state index in [-0.39, 0.29) is 47.1 Å². The molecule has 1 N–H and O–H groups in total. The molecule has 1 saturated carbocycles. The van der Waals surface area contributed by atoms with Crippen LogP contribution in [0.3, 0.4) is 0 Å². The maximum Gasteiger partial charge on any atom is 0.278 e. The van der Waals surface area contributed by atoms with Gasteiger partial charge in [-0.3, -0.25) is 19.1 Å². The average Bonchev–Trinajstić information content (AvgIpc) is 3.75. The van der Waals surface area contributed by atoms with Crippen LogP contribution in [0.1, 0.15) is 57.8 Å². The van der Waals surface area contributed by atoms with Gasteiger partial charge in [0.15, 0.2) is 5.69 Å². The second-order valence-corrected chi connectivity index (χ2v) is 10.2. The minimum absolute atomic E-state index is 0.0768. The molecule has 1 unspecified atom stereocenters. The highest BCUT2D eigenvalue weighted by atomic mass is 19.3. The van der Waals surface area contributed by atoms with Gasteiger partial charge in [0.05, 0.1) is 37.1 Å². The summed E-state index contributed by atoms with van der Waals surface area (Å²) in [5, 5.41) is 16.4. The molecule has 3 amide bonds. The van der Waals surface area contributed by atoms with Crippen molar-refractivity contribution in [1.29, 1.82) is 5.26 Å². The Hall–Kier alpha value is -4.79. The Labute approximate surface area is 235 Å². The smallest absolute Gasteiger partial charge is 0.278 e. The molecule has 1 fully saturated rings. The minimum atomic E-state index is -2.93. The number of aromatic nitrogens is 2. The van der Waals surface area contributed by atoms with Crippen LogP contribution >= 0.6 is 0 Å². The van der Waals surface area contributed by atoms with Gasteiger partial charge >= 0.3 is 0 Å². The number of halogens is 2. The number of hydrogen-bond acceptors (Lipinski definition) is 6. The second-order valence-electron chi connectivity index (χ2n) is 10.2. The zero-order valence-electron chi connectivity index (χ0n) is 22.7. The maximum atomic E-state index is 14.6. The number of nitriles is 1. The Morgan fingerprint density at radius 3 is 2.54 bits per heavy atom. The monoisotopic (exact) mass is 562 g/mol. The number of nitrogens with zero attached hydrogens (tertiary/aromatic N) is 5. The van der Waals surface area contributed by atoms with Gasteiger partial charge in [-0.15, -0.1) is 0 Å². The number of hydrogen-bond donors (Lipinski definition) is 1. The molecule has 2 aromatic carbocycles. The summed E-state index contributed by atoms with van der Waals surface area (Å²) in [6.07, 6.45) is 2.32. The van der Waals surface area contributed by atoms with Gasteiger partial charge in [-0.05, 0) is 43.2 Å². The van der Waals surface area contributed by atoms with E-state index in [2.05, 4.69) is 10.4 Å². The van der Waals surface area contributed by atoms with Crippen molar-refractivity contribution >= 4 is 29.1 Å². The zero-order chi connectivity index (χ0) is 29.5. The first-order valence-corrected chi connectivity index (χ1v) is 13.0. The third-order valence-corrected chi connectivity index (χ3v) is 7.49. The molecule has 10 nitrogen and oxygen atoms in total. The summed E-state index contributed by atoms with van der Waals surface area (Å²) in [5.41, 5.74) is 0.846.